The van der Waals surface area contributed by atoms with Crippen molar-refractivity contribution in [2.45, 2.75) is 20.0 Å². The van der Waals surface area contributed by atoms with Crippen LogP contribution in [0.4, 0.5) is 0 Å². The SMILES string of the molecule is Cc1ccc(CNCc2cscn2)cc1Br. The van der Waals surface area contributed by atoms with Crippen LogP contribution in [0.5, 0.6) is 0 Å². The van der Waals surface area contributed by atoms with Crippen molar-refractivity contribution in [3.8, 4) is 0 Å². The lowest BCUT2D eigenvalue weighted by atomic mass is 10.1. The highest BCUT2D eigenvalue weighted by molar-refractivity contribution is 9.10. The number of halogens is 1. The van der Waals surface area contributed by atoms with Gasteiger partial charge in [0.25, 0.3) is 0 Å². The zero-order valence-corrected chi connectivity index (χ0v) is 11.4. The second-order valence-electron chi connectivity index (χ2n) is 3.67. The lowest BCUT2D eigenvalue weighted by molar-refractivity contribution is 0.682. The Morgan fingerprint density at radius 1 is 1.38 bits per heavy atom. The number of hydrogen-bond acceptors (Lipinski definition) is 3. The summed E-state index contributed by atoms with van der Waals surface area (Å²) in [6.07, 6.45) is 0. The summed E-state index contributed by atoms with van der Waals surface area (Å²) in [5, 5.41) is 5.44. The molecule has 0 saturated carbocycles. The topological polar surface area (TPSA) is 24.9 Å². The first-order valence-corrected chi connectivity index (χ1v) is 6.82. The summed E-state index contributed by atoms with van der Waals surface area (Å²) in [6.45, 7) is 3.79. The molecule has 2 aromatic rings. The molecule has 1 aromatic heterocycles. The van der Waals surface area contributed by atoms with Crippen molar-refractivity contribution in [1.82, 2.24) is 10.3 Å². The van der Waals surface area contributed by atoms with Crippen molar-refractivity contribution in [2.24, 2.45) is 0 Å². The molecule has 0 aliphatic carbocycles. The zero-order chi connectivity index (χ0) is 11.4. The van der Waals surface area contributed by atoms with Gasteiger partial charge in [0.15, 0.2) is 0 Å². The van der Waals surface area contributed by atoms with Gasteiger partial charge in [-0.2, -0.15) is 0 Å². The van der Waals surface area contributed by atoms with Crippen LogP contribution in [-0.4, -0.2) is 4.98 Å². The van der Waals surface area contributed by atoms with Crippen molar-refractivity contribution < 1.29 is 0 Å². The molecule has 0 spiro atoms. The van der Waals surface area contributed by atoms with E-state index in [0.29, 0.717) is 0 Å². The molecule has 2 nitrogen and oxygen atoms in total. The summed E-state index contributed by atoms with van der Waals surface area (Å²) in [5.41, 5.74) is 5.52. The van der Waals surface area contributed by atoms with Crippen LogP contribution in [-0.2, 0) is 13.1 Å². The molecule has 0 unspecified atom stereocenters. The Morgan fingerprint density at radius 2 is 2.25 bits per heavy atom. The maximum atomic E-state index is 4.23. The van der Waals surface area contributed by atoms with E-state index in [-0.39, 0.29) is 0 Å². The molecule has 84 valence electrons. The van der Waals surface area contributed by atoms with Crippen molar-refractivity contribution in [3.05, 3.63) is 50.4 Å². The predicted octanol–water partition coefficient (Wildman–Crippen LogP) is 3.50. The molecule has 1 N–H and O–H groups in total. The van der Waals surface area contributed by atoms with E-state index in [2.05, 4.69) is 56.7 Å². The van der Waals surface area contributed by atoms with E-state index in [4.69, 9.17) is 0 Å². The number of rotatable bonds is 4. The highest BCUT2D eigenvalue weighted by atomic mass is 79.9. The van der Waals surface area contributed by atoms with Gasteiger partial charge in [0, 0.05) is 22.9 Å². The quantitative estimate of drug-likeness (QED) is 0.934. The summed E-state index contributed by atoms with van der Waals surface area (Å²) in [7, 11) is 0. The van der Waals surface area contributed by atoms with E-state index in [9.17, 15) is 0 Å². The highest BCUT2D eigenvalue weighted by Crippen LogP contribution is 2.17. The fourth-order valence-corrected chi connectivity index (χ4v) is 2.39. The Balaban J connectivity index is 1.87. The van der Waals surface area contributed by atoms with Crippen LogP contribution in [0, 0.1) is 6.92 Å². The number of hydrogen-bond donors (Lipinski definition) is 1. The number of nitrogens with zero attached hydrogens (tertiary/aromatic N) is 1. The molecule has 1 heterocycles. The second-order valence-corrected chi connectivity index (χ2v) is 5.24. The van der Waals surface area contributed by atoms with E-state index < -0.39 is 0 Å². The molecule has 16 heavy (non-hydrogen) atoms. The second kappa shape index (κ2) is 5.57. The zero-order valence-electron chi connectivity index (χ0n) is 9.03. The molecule has 0 fully saturated rings. The van der Waals surface area contributed by atoms with Crippen LogP contribution in [0.3, 0.4) is 0 Å². The monoisotopic (exact) mass is 296 g/mol. The Morgan fingerprint density at radius 3 is 2.94 bits per heavy atom. The molecule has 0 amide bonds. The third-order valence-corrected chi connectivity index (χ3v) is 3.84. The smallest absolute Gasteiger partial charge is 0.0795 e. The maximum Gasteiger partial charge on any atom is 0.0795 e. The molecule has 0 aliphatic heterocycles. The largest absolute Gasteiger partial charge is 0.307 e. The van der Waals surface area contributed by atoms with Gasteiger partial charge >= 0.3 is 0 Å². The standard InChI is InChI=1S/C12H13BrN2S/c1-9-2-3-10(4-12(9)13)5-14-6-11-7-16-8-15-11/h2-4,7-8,14H,5-6H2,1H3. The normalized spacial score (nSPS) is 10.6. The summed E-state index contributed by atoms with van der Waals surface area (Å²) in [5.74, 6) is 0. The highest BCUT2D eigenvalue weighted by Gasteiger charge is 1.98. The molecular formula is C12H13BrN2S. The summed E-state index contributed by atoms with van der Waals surface area (Å²) < 4.78 is 1.17. The molecule has 2 rings (SSSR count). The minimum atomic E-state index is 0.828. The first-order chi connectivity index (χ1) is 7.75. The third-order valence-electron chi connectivity index (χ3n) is 2.35. The molecule has 0 radical (unpaired) electrons. The molecule has 1 aromatic carbocycles. The van der Waals surface area contributed by atoms with E-state index in [1.165, 1.54) is 15.6 Å². The van der Waals surface area contributed by atoms with Crippen LogP contribution in [0.15, 0.2) is 33.6 Å². The van der Waals surface area contributed by atoms with Crippen LogP contribution in [0.1, 0.15) is 16.8 Å². The first-order valence-electron chi connectivity index (χ1n) is 5.08. The summed E-state index contributed by atoms with van der Waals surface area (Å²) in [6, 6.07) is 6.43. The Kier molecular flexibility index (Phi) is 4.09. The number of aryl methyl sites for hydroxylation is 1. The number of thiazole rings is 1. The Labute approximate surface area is 108 Å². The third kappa shape index (κ3) is 3.14. The van der Waals surface area contributed by atoms with Gasteiger partial charge in [0.2, 0.25) is 0 Å². The minimum Gasteiger partial charge on any atom is -0.307 e. The molecule has 0 atom stereocenters. The minimum absolute atomic E-state index is 0.828. The average Bonchev–Trinajstić information content (AvgIpc) is 2.76. The molecule has 4 heteroatoms. The van der Waals surface area contributed by atoms with Gasteiger partial charge in [-0.25, -0.2) is 4.98 Å². The van der Waals surface area contributed by atoms with Crippen molar-refractivity contribution in [2.75, 3.05) is 0 Å². The van der Waals surface area contributed by atoms with Crippen molar-refractivity contribution in [1.29, 1.82) is 0 Å². The molecular weight excluding hydrogens is 284 g/mol. The molecule has 0 saturated heterocycles. The summed E-state index contributed by atoms with van der Waals surface area (Å²) >= 11 is 5.17. The molecule has 0 bridgehead atoms. The Hall–Kier alpha value is -0.710. The van der Waals surface area contributed by atoms with E-state index in [1.807, 2.05) is 5.51 Å². The molecule has 0 aliphatic rings. The average molecular weight is 297 g/mol. The van der Waals surface area contributed by atoms with Gasteiger partial charge in [-0.3, -0.25) is 0 Å². The Bertz CT molecular complexity index is 454. The van der Waals surface area contributed by atoms with E-state index in [0.717, 1.165) is 18.8 Å². The number of aromatic nitrogens is 1. The van der Waals surface area contributed by atoms with Crippen molar-refractivity contribution in [3.63, 3.8) is 0 Å². The lowest BCUT2D eigenvalue weighted by Crippen LogP contribution is -2.12. The summed E-state index contributed by atoms with van der Waals surface area (Å²) in [4.78, 5) is 4.23. The van der Waals surface area contributed by atoms with Crippen LogP contribution in [0.25, 0.3) is 0 Å². The number of nitrogens with one attached hydrogen (secondary N) is 1. The van der Waals surface area contributed by atoms with Gasteiger partial charge in [-0.1, -0.05) is 28.1 Å². The van der Waals surface area contributed by atoms with E-state index >= 15 is 0 Å². The van der Waals surface area contributed by atoms with Crippen molar-refractivity contribution >= 4 is 27.3 Å². The maximum absolute atomic E-state index is 4.23. The fourth-order valence-electron chi connectivity index (χ4n) is 1.41. The lowest BCUT2D eigenvalue weighted by Gasteiger charge is -2.05. The fraction of sp³-hybridized carbons (Fsp3) is 0.250. The van der Waals surface area contributed by atoms with Gasteiger partial charge in [-0.15, -0.1) is 11.3 Å². The van der Waals surface area contributed by atoms with Crippen LogP contribution in [0.2, 0.25) is 0 Å². The van der Waals surface area contributed by atoms with Gasteiger partial charge in [-0.05, 0) is 24.1 Å². The van der Waals surface area contributed by atoms with E-state index in [1.54, 1.807) is 11.3 Å². The number of benzene rings is 1. The predicted molar refractivity (Wildman–Crippen MR) is 71.5 cm³/mol. The van der Waals surface area contributed by atoms with Gasteiger partial charge in [0.1, 0.15) is 0 Å². The van der Waals surface area contributed by atoms with Crippen LogP contribution < -0.4 is 5.32 Å². The van der Waals surface area contributed by atoms with Crippen LogP contribution >= 0.6 is 27.3 Å². The van der Waals surface area contributed by atoms with Gasteiger partial charge in [0.05, 0.1) is 11.2 Å². The first kappa shape index (κ1) is 11.8. The van der Waals surface area contributed by atoms with Gasteiger partial charge < -0.3 is 5.32 Å².